The summed E-state index contributed by atoms with van der Waals surface area (Å²) >= 11 is 0. The second-order valence-corrected chi connectivity index (χ2v) is 3.19. The largest absolute Gasteiger partial charge is 0.481 e. The molecule has 0 bridgehead atoms. The van der Waals surface area contributed by atoms with Crippen LogP contribution in [0.25, 0.3) is 0 Å². The summed E-state index contributed by atoms with van der Waals surface area (Å²) in [6.07, 6.45) is 0. The molecule has 1 aromatic rings. The number of hydrogen-bond donors (Lipinski definition) is 1. The van der Waals surface area contributed by atoms with E-state index in [2.05, 4.69) is 22.2 Å². The zero-order chi connectivity index (χ0) is 10.1. The predicted molar refractivity (Wildman–Crippen MR) is 50.4 cm³/mol. The smallest absolute Gasteiger partial charge is 0.319 e. The number of hydrogen-bond acceptors (Lipinski definition) is 5. The van der Waals surface area contributed by atoms with E-state index in [0.717, 1.165) is 17.8 Å². The molecule has 0 aromatic carbocycles. The van der Waals surface area contributed by atoms with E-state index in [0.29, 0.717) is 11.9 Å². The van der Waals surface area contributed by atoms with Crippen LogP contribution in [0.5, 0.6) is 11.9 Å². The summed E-state index contributed by atoms with van der Waals surface area (Å²) in [5.41, 5.74) is 1.99. The lowest BCUT2D eigenvalue weighted by atomic mass is 10.2. The lowest BCUT2D eigenvalue weighted by molar-refractivity contribution is 0.348. The van der Waals surface area contributed by atoms with Gasteiger partial charge in [0.2, 0.25) is 5.88 Å². The van der Waals surface area contributed by atoms with Crippen LogP contribution >= 0.6 is 0 Å². The minimum Gasteiger partial charge on any atom is -0.481 e. The van der Waals surface area contributed by atoms with Gasteiger partial charge in [-0.2, -0.15) is 9.97 Å². The van der Waals surface area contributed by atoms with Crippen LogP contribution < -0.4 is 14.8 Å². The average molecular weight is 195 g/mol. The fourth-order valence-corrected chi connectivity index (χ4v) is 1.60. The first kappa shape index (κ1) is 9.21. The first-order valence-corrected chi connectivity index (χ1v) is 4.48. The highest BCUT2D eigenvalue weighted by Crippen LogP contribution is 2.30. The van der Waals surface area contributed by atoms with Gasteiger partial charge in [0.15, 0.2) is 0 Å². The maximum atomic E-state index is 5.18. The highest BCUT2D eigenvalue weighted by Gasteiger charge is 2.25. The number of rotatable bonds is 2. The third-order valence-electron chi connectivity index (χ3n) is 2.35. The third kappa shape index (κ3) is 1.29. The molecule has 0 spiro atoms. The van der Waals surface area contributed by atoms with E-state index >= 15 is 0 Å². The van der Waals surface area contributed by atoms with Gasteiger partial charge in [-0.3, -0.25) is 0 Å². The van der Waals surface area contributed by atoms with Gasteiger partial charge in [-0.1, -0.05) is 0 Å². The summed E-state index contributed by atoms with van der Waals surface area (Å²) in [7, 11) is 3.15. The van der Waals surface area contributed by atoms with Crippen LogP contribution in [0, 0.1) is 0 Å². The van der Waals surface area contributed by atoms with Gasteiger partial charge in [0.25, 0.3) is 0 Å². The molecule has 1 aliphatic rings. The number of aromatic nitrogens is 2. The first-order chi connectivity index (χ1) is 6.76. The van der Waals surface area contributed by atoms with E-state index in [9.17, 15) is 0 Å². The Bertz CT molecular complexity index is 354. The van der Waals surface area contributed by atoms with Crippen LogP contribution in [0.2, 0.25) is 0 Å². The Hall–Kier alpha value is -1.36. The summed E-state index contributed by atoms with van der Waals surface area (Å²) in [6.45, 7) is 2.81. The van der Waals surface area contributed by atoms with Crippen molar-refractivity contribution in [2.24, 2.45) is 0 Å². The molecule has 0 aliphatic carbocycles. The predicted octanol–water partition coefficient (Wildman–Crippen LogP) is 0.658. The Morgan fingerprint density at radius 1 is 1.29 bits per heavy atom. The van der Waals surface area contributed by atoms with Gasteiger partial charge >= 0.3 is 6.01 Å². The second-order valence-electron chi connectivity index (χ2n) is 3.19. The van der Waals surface area contributed by atoms with Crippen molar-refractivity contribution in [1.82, 2.24) is 15.3 Å². The highest BCUT2D eigenvalue weighted by atomic mass is 16.5. The van der Waals surface area contributed by atoms with Crippen molar-refractivity contribution in [2.75, 3.05) is 14.2 Å². The molecule has 2 heterocycles. The highest BCUT2D eigenvalue weighted by molar-refractivity contribution is 5.37. The van der Waals surface area contributed by atoms with Gasteiger partial charge in [0.05, 0.1) is 25.5 Å². The number of methoxy groups -OCH3 is 2. The summed E-state index contributed by atoms with van der Waals surface area (Å²) < 4.78 is 10.2. The Morgan fingerprint density at radius 2 is 2.07 bits per heavy atom. The van der Waals surface area contributed by atoms with E-state index in [1.54, 1.807) is 14.2 Å². The van der Waals surface area contributed by atoms with Crippen molar-refractivity contribution in [3.05, 3.63) is 11.3 Å². The number of nitrogens with one attached hydrogen (secondary N) is 1. The van der Waals surface area contributed by atoms with E-state index in [1.807, 2.05) is 0 Å². The molecular formula is C9H13N3O2. The molecule has 0 saturated carbocycles. The normalized spacial score (nSPS) is 19.2. The molecule has 1 aromatic heterocycles. The molecule has 14 heavy (non-hydrogen) atoms. The average Bonchev–Trinajstić information content (AvgIpc) is 2.59. The van der Waals surface area contributed by atoms with Crippen LogP contribution in [0.1, 0.15) is 24.2 Å². The molecule has 1 atom stereocenters. The van der Waals surface area contributed by atoms with Crippen LogP contribution in [-0.2, 0) is 6.54 Å². The SMILES string of the molecule is COc1nc(OC)c2c(n1)C(C)NC2. The third-order valence-corrected chi connectivity index (χ3v) is 2.35. The zero-order valence-electron chi connectivity index (χ0n) is 8.50. The minimum atomic E-state index is 0.232. The van der Waals surface area contributed by atoms with E-state index in [-0.39, 0.29) is 6.04 Å². The minimum absolute atomic E-state index is 0.232. The molecule has 5 nitrogen and oxygen atoms in total. The van der Waals surface area contributed by atoms with Crippen LogP contribution in [-0.4, -0.2) is 24.2 Å². The Labute approximate surface area is 82.5 Å². The Morgan fingerprint density at radius 3 is 2.71 bits per heavy atom. The molecule has 0 amide bonds. The molecule has 0 saturated heterocycles. The van der Waals surface area contributed by atoms with Crippen molar-refractivity contribution in [2.45, 2.75) is 19.5 Å². The summed E-state index contributed by atoms with van der Waals surface area (Å²) in [6, 6.07) is 0.590. The van der Waals surface area contributed by atoms with Crippen molar-refractivity contribution in [1.29, 1.82) is 0 Å². The fourth-order valence-electron chi connectivity index (χ4n) is 1.60. The summed E-state index contributed by atoms with van der Waals surface area (Å²) in [5, 5.41) is 3.27. The quantitative estimate of drug-likeness (QED) is 0.751. The standard InChI is InChI=1S/C9H13N3O2/c1-5-7-6(4-10-5)8(13-2)12-9(11-7)14-3/h5,10H,4H2,1-3H3. The zero-order valence-corrected chi connectivity index (χ0v) is 8.50. The molecule has 1 unspecified atom stereocenters. The monoisotopic (exact) mass is 195 g/mol. The maximum absolute atomic E-state index is 5.18. The summed E-state index contributed by atoms with van der Waals surface area (Å²) in [5.74, 6) is 0.601. The van der Waals surface area contributed by atoms with Gasteiger partial charge in [-0.25, -0.2) is 0 Å². The number of fused-ring (bicyclic) bond motifs is 1. The first-order valence-electron chi connectivity index (χ1n) is 4.48. The molecule has 1 aliphatic heterocycles. The van der Waals surface area contributed by atoms with Crippen molar-refractivity contribution >= 4 is 0 Å². The molecule has 1 N–H and O–H groups in total. The van der Waals surface area contributed by atoms with Crippen molar-refractivity contribution < 1.29 is 9.47 Å². The topological polar surface area (TPSA) is 56.3 Å². The number of ether oxygens (including phenoxy) is 2. The molecule has 5 heteroatoms. The van der Waals surface area contributed by atoms with Crippen molar-refractivity contribution in [3.8, 4) is 11.9 Å². The molecule has 0 radical (unpaired) electrons. The number of nitrogens with zero attached hydrogens (tertiary/aromatic N) is 2. The van der Waals surface area contributed by atoms with E-state index in [4.69, 9.17) is 9.47 Å². The molecular weight excluding hydrogens is 182 g/mol. The van der Waals surface area contributed by atoms with E-state index < -0.39 is 0 Å². The fraction of sp³-hybridized carbons (Fsp3) is 0.556. The van der Waals surface area contributed by atoms with Crippen LogP contribution in [0.15, 0.2) is 0 Å². The Kier molecular flexibility index (Phi) is 2.25. The maximum Gasteiger partial charge on any atom is 0.319 e. The van der Waals surface area contributed by atoms with Crippen LogP contribution in [0.4, 0.5) is 0 Å². The molecule has 0 fully saturated rings. The van der Waals surface area contributed by atoms with Gasteiger partial charge in [0.1, 0.15) is 0 Å². The lowest BCUT2D eigenvalue weighted by Crippen LogP contribution is -2.08. The van der Waals surface area contributed by atoms with Gasteiger partial charge < -0.3 is 14.8 Å². The van der Waals surface area contributed by atoms with Gasteiger partial charge in [-0.05, 0) is 6.92 Å². The van der Waals surface area contributed by atoms with Crippen molar-refractivity contribution in [3.63, 3.8) is 0 Å². The second kappa shape index (κ2) is 3.42. The van der Waals surface area contributed by atoms with E-state index in [1.165, 1.54) is 0 Å². The van der Waals surface area contributed by atoms with Gasteiger partial charge in [-0.15, -0.1) is 0 Å². The van der Waals surface area contributed by atoms with Crippen LogP contribution in [0.3, 0.4) is 0 Å². The van der Waals surface area contributed by atoms with Gasteiger partial charge in [0, 0.05) is 12.6 Å². The Balaban J connectivity index is 2.52. The summed E-state index contributed by atoms with van der Waals surface area (Å²) in [4.78, 5) is 8.41. The molecule has 2 rings (SSSR count). The lowest BCUT2D eigenvalue weighted by Gasteiger charge is -2.08. The molecule has 76 valence electrons.